The molecule has 1 aliphatic heterocycles. The number of halogens is 4. The van der Waals surface area contributed by atoms with Crippen molar-refractivity contribution in [1.82, 2.24) is 14.6 Å². The lowest BCUT2D eigenvalue weighted by atomic mass is 10.0. The summed E-state index contributed by atoms with van der Waals surface area (Å²) in [6.07, 6.45) is 0.662. The highest BCUT2D eigenvalue weighted by Gasteiger charge is 2.33. The number of piperidine rings is 1. The maximum absolute atomic E-state index is 14.1. The number of benzene rings is 2. The lowest BCUT2D eigenvalue weighted by molar-refractivity contribution is -0.133. The third-order valence-electron chi connectivity index (χ3n) is 7.35. The van der Waals surface area contributed by atoms with E-state index < -0.39 is 39.8 Å². The minimum Gasteiger partial charge on any atom is -0.397 e. The molecule has 0 spiro atoms. The van der Waals surface area contributed by atoms with E-state index in [1.54, 1.807) is 31.2 Å². The number of sulfonamides is 1. The second-order valence-electron chi connectivity index (χ2n) is 10.4. The van der Waals surface area contributed by atoms with E-state index in [0.717, 1.165) is 0 Å². The van der Waals surface area contributed by atoms with E-state index >= 15 is 0 Å². The first-order valence-corrected chi connectivity index (χ1v) is 15.7. The molecule has 0 radical (unpaired) electrons. The van der Waals surface area contributed by atoms with Crippen LogP contribution in [0.4, 0.5) is 24.5 Å². The molecule has 2 amide bonds. The molecule has 0 unspecified atom stereocenters. The smallest absolute Gasteiger partial charge is 0.269 e. The molecule has 14 heteroatoms. The highest BCUT2D eigenvalue weighted by Crippen LogP contribution is 2.34. The number of aromatic nitrogens is 1. The maximum Gasteiger partial charge on any atom is 0.269 e. The lowest BCUT2D eigenvalue weighted by Crippen LogP contribution is -2.50. The van der Waals surface area contributed by atoms with Crippen molar-refractivity contribution in [3.05, 3.63) is 84.0 Å². The number of nitrogens with one attached hydrogen (secondary N) is 2. The first-order chi connectivity index (χ1) is 21.0. The largest absolute Gasteiger partial charge is 0.397 e. The third kappa shape index (κ3) is 9.28. The van der Waals surface area contributed by atoms with Gasteiger partial charge in [0.25, 0.3) is 6.08 Å². The Morgan fingerprint density at radius 1 is 1.07 bits per heavy atom. The standard InChI is InChI=1S/C31H34F3N5O4S.ClH/c1-2-28(40)37-29-25(21-6-3-7-22(32)18-21)9-5-11-27(29)44(42,43)38-26(10-4-8-24-13-12-23(35)19-36-24)31(41)39-16-14-20(15-17-39)30(33)34;/h3,5-7,9,11-13,18-19,26,38H,2,4,8,10,14-17,35H2,1H3,(H,37,40);1H/t26-;/m0./s1. The first kappa shape index (κ1) is 35.5. The van der Waals surface area contributed by atoms with Crippen LogP contribution in [0.1, 0.15) is 44.7 Å². The zero-order valence-electron chi connectivity index (χ0n) is 24.6. The van der Waals surface area contributed by atoms with E-state index in [2.05, 4.69) is 15.0 Å². The molecule has 3 aromatic rings. The molecule has 9 nitrogen and oxygen atoms in total. The van der Waals surface area contributed by atoms with Crippen molar-refractivity contribution in [2.24, 2.45) is 0 Å². The van der Waals surface area contributed by atoms with E-state index in [1.807, 2.05) is 0 Å². The molecule has 1 aliphatic rings. The molecule has 0 aliphatic carbocycles. The number of nitrogen functional groups attached to an aromatic ring is 1. The normalized spacial score (nSPS) is 14.0. The average molecular weight is 666 g/mol. The van der Waals surface area contributed by atoms with Gasteiger partial charge in [-0.15, -0.1) is 12.4 Å². The first-order valence-electron chi connectivity index (χ1n) is 14.2. The van der Waals surface area contributed by atoms with Gasteiger partial charge in [-0.1, -0.05) is 31.2 Å². The van der Waals surface area contributed by atoms with Crippen molar-refractivity contribution in [1.29, 1.82) is 0 Å². The van der Waals surface area contributed by atoms with Crippen LogP contribution < -0.4 is 15.8 Å². The van der Waals surface area contributed by atoms with Gasteiger partial charge in [-0.25, -0.2) is 12.8 Å². The summed E-state index contributed by atoms with van der Waals surface area (Å²) in [7, 11) is -4.46. The number of rotatable bonds is 11. The van der Waals surface area contributed by atoms with E-state index in [-0.39, 0.29) is 72.9 Å². The fourth-order valence-corrected chi connectivity index (χ4v) is 6.38. The second kappa shape index (κ2) is 15.9. The van der Waals surface area contributed by atoms with Gasteiger partial charge < -0.3 is 16.0 Å². The van der Waals surface area contributed by atoms with Gasteiger partial charge in [0.15, 0.2) is 0 Å². The van der Waals surface area contributed by atoms with Gasteiger partial charge in [0.05, 0.1) is 17.6 Å². The summed E-state index contributed by atoms with van der Waals surface area (Å²) in [5, 5.41) is 2.63. The predicted octanol–water partition coefficient (Wildman–Crippen LogP) is 5.68. The molecule has 0 bridgehead atoms. The number of aryl methyl sites for hydroxylation is 1. The number of carbonyl (C=O) groups excluding carboxylic acids is 2. The quantitative estimate of drug-likeness (QED) is 0.241. The van der Waals surface area contributed by atoms with E-state index in [9.17, 15) is 31.2 Å². The van der Waals surface area contributed by atoms with Gasteiger partial charge in [-0.05, 0) is 73.6 Å². The Labute approximate surface area is 266 Å². The summed E-state index contributed by atoms with van der Waals surface area (Å²) in [6.45, 7) is 1.65. The van der Waals surface area contributed by atoms with Crippen LogP contribution in [-0.2, 0) is 26.0 Å². The third-order valence-corrected chi connectivity index (χ3v) is 8.87. The van der Waals surface area contributed by atoms with Crippen molar-refractivity contribution < 1.29 is 31.2 Å². The molecular weight excluding hydrogens is 631 g/mol. The number of pyridine rings is 1. The zero-order chi connectivity index (χ0) is 31.9. The number of likely N-dealkylation sites (tertiary alicyclic amines) is 1. The van der Waals surface area contributed by atoms with Gasteiger partial charge in [-0.3, -0.25) is 14.6 Å². The Morgan fingerprint density at radius 3 is 2.40 bits per heavy atom. The summed E-state index contributed by atoms with van der Waals surface area (Å²) in [5.74, 6) is -1.56. The Kier molecular flexibility index (Phi) is 12.5. The van der Waals surface area contributed by atoms with Crippen LogP contribution in [0.25, 0.3) is 11.1 Å². The molecule has 2 aromatic carbocycles. The summed E-state index contributed by atoms with van der Waals surface area (Å²) in [4.78, 5) is 31.5. The number of nitrogens with two attached hydrogens (primary N) is 1. The van der Waals surface area contributed by atoms with Gasteiger partial charge in [0, 0.05) is 30.8 Å². The molecule has 1 fully saturated rings. The minimum absolute atomic E-state index is 0. The van der Waals surface area contributed by atoms with Crippen molar-refractivity contribution in [2.75, 3.05) is 24.1 Å². The summed E-state index contributed by atoms with van der Waals surface area (Å²) >= 11 is 0. The monoisotopic (exact) mass is 665 g/mol. The van der Waals surface area contributed by atoms with Crippen LogP contribution >= 0.6 is 12.4 Å². The number of hydrogen-bond donors (Lipinski definition) is 3. The predicted molar refractivity (Wildman–Crippen MR) is 169 cm³/mol. The highest BCUT2D eigenvalue weighted by atomic mass is 35.5. The number of carbonyl (C=O) groups is 2. The van der Waals surface area contributed by atoms with Gasteiger partial charge in [-0.2, -0.15) is 13.5 Å². The Morgan fingerprint density at radius 2 is 1.78 bits per heavy atom. The molecule has 1 saturated heterocycles. The molecule has 1 aromatic heterocycles. The fourth-order valence-electron chi connectivity index (χ4n) is 4.97. The van der Waals surface area contributed by atoms with E-state index in [1.165, 1.54) is 41.4 Å². The zero-order valence-corrected chi connectivity index (χ0v) is 26.2. The number of nitrogens with zero attached hydrogens (tertiary/aromatic N) is 2. The second-order valence-corrected chi connectivity index (χ2v) is 12.1. The molecule has 242 valence electrons. The molecule has 0 saturated carbocycles. The molecule has 45 heavy (non-hydrogen) atoms. The number of amides is 2. The summed E-state index contributed by atoms with van der Waals surface area (Å²) in [6, 6.07) is 12.0. The van der Waals surface area contributed by atoms with Crippen LogP contribution in [0, 0.1) is 5.82 Å². The van der Waals surface area contributed by atoms with Gasteiger partial charge >= 0.3 is 0 Å². The van der Waals surface area contributed by atoms with Crippen molar-refractivity contribution >= 4 is 45.6 Å². The lowest BCUT2D eigenvalue weighted by Gasteiger charge is -2.31. The molecule has 2 heterocycles. The average Bonchev–Trinajstić information content (AvgIpc) is 3.01. The van der Waals surface area contributed by atoms with Crippen molar-refractivity contribution in [2.45, 2.75) is 56.4 Å². The Bertz CT molecular complexity index is 1640. The van der Waals surface area contributed by atoms with Crippen LogP contribution in [0.3, 0.4) is 0 Å². The van der Waals surface area contributed by atoms with Gasteiger partial charge in [0.1, 0.15) is 16.8 Å². The molecule has 4 rings (SSSR count). The SMILES string of the molecule is CCC(=O)Nc1c(-c2cccc(F)c2)cccc1S(=O)(=O)N[C@@H](CCCc1ccc(N)cn1)C(=O)N1CCC(=C(F)F)CC1.Cl. The van der Waals surface area contributed by atoms with Crippen molar-refractivity contribution in [3.8, 4) is 11.1 Å². The maximum atomic E-state index is 14.1. The van der Waals surface area contributed by atoms with Crippen LogP contribution in [0.2, 0.25) is 0 Å². The van der Waals surface area contributed by atoms with Gasteiger partial charge in [0.2, 0.25) is 21.8 Å². The van der Waals surface area contributed by atoms with E-state index in [4.69, 9.17) is 5.73 Å². The molecular formula is C31H35ClF3N5O4S. The van der Waals surface area contributed by atoms with Crippen LogP contribution in [-0.4, -0.2) is 49.2 Å². The number of anilines is 2. The Balaban J connectivity index is 0.00000552. The van der Waals surface area contributed by atoms with Crippen LogP contribution in [0.15, 0.2) is 77.3 Å². The molecule has 1 atom stereocenters. The van der Waals surface area contributed by atoms with Crippen LogP contribution in [0.5, 0.6) is 0 Å². The van der Waals surface area contributed by atoms with Crippen molar-refractivity contribution in [3.63, 3.8) is 0 Å². The van der Waals surface area contributed by atoms with E-state index in [0.29, 0.717) is 29.8 Å². The summed E-state index contributed by atoms with van der Waals surface area (Å²) in [5.41, 5.74) is 7.43. The minimum atomic E-state index is -4.46. The number of para-hydroxylation sites is 1. The summed E-state index contributed by atoms with van der Waals surface area (Å²) < 4.78 is 70.7. The fraction of sp³-hybridized carbons (Fsp3) is 0.323. The highest BCUT2D eigenvalue weighted by molar-refractivity contribution is 7.89. The Hall–Kier alpha value is -3.94. The topological polar surface area (TPSA) is 134 Å². The molecule has 4 N–H and O–H groups in total. The number of hydrogen-bond acceptors (Lipinski definition) is 6.